The predicted molar refractivity (Wildman–Crippen MR) is 121 cm³/mol. The first kappa shape index (κ1) is 28.2. The van der Waals surface area contributed by atoms with Crippen molar-refractivity contribution in [3.05, 3.63) is 58.9 Å². The van der Waals surface area contributed by atoms with Gasteiger partial charge < -0.3 is 14.6 Å². The number of unbranched alkanes of at least 4 members (excludes halogenated alkanes) is 5. The first-order chi connectivity index (χ1) is 16.2. The first-order valence-electron chi connectivity index (χ1n) is 11.8. The summed E-state index contributed by atoms with van der Waals surface area (Å²) in [6.45, 7) is 5.79. The number of rotatable bonds is 14. The monoisotopic (exact) mass is 488 g/mol. The van der Waals surface area contributed by atoms with E-state index >= 15 is 0 Å². The molecule has 0 heterocycles. The Bertz CT molecular complexity index is 900. The largest absolute Gasteiger partial charge is 0.343 e. The van der Waals surface area contributed by atoms with Crippen molar-refractivity contribution >= 4 is 0 Å². The molecule has 8 heteroatoms. The Morgan fingerprint density at radius 1 is 0.765 bits per heavy atom. The van der Waals surface area contributed by atoms with Crippen LogP contribution in [0.1, 0.15) is 77.2 Å². The van der Waals surface area contributed by atoms with Gasteiger partial charge in [0.2, 0.25) is 5.82 Å². The molecule has 3 nitrogen and oxygen atoms in total. The molecule has 1 atom stereocenters. The summed E-state index contributed by atoms with van der Waals surface area (Å²) in [5.41, 5.74) is -0.819. The molecule has 190 valence electrons. The molecule has 0 aliphatic carbocycles. The Kier molecular flexibility index (Phi) is 10.9. The van der Waals surface area contributed by atoms with Crippen LogP contribution in [-0.4, -0.2) is 24.3 Å². The van der Waals surface area contributed by atoms with Crippen LogP contribution >= 0.6 is 0 Å². The van der Waals surface area contributed by atoms with Crippen LogP contribution in [0.4, 0.5) is 22.0 Å². The lowest BCUT2D eigenvalue weighted by Crippen LogP contribution is -2.42. The Balaban J connectivity index is 2.47. The third-order valence-corrected chi connectivity index (χ3v) is 5.78. The number of aliphatic hydroxyl groups is 1. The van der Waals surface area contributed by atoms with E-state index in [1.54, 1.807) is 19.9 Å². The summed E-state index contributed by atoms with van der Waals surface area (Å²) in [4.78, 5) is 0. The predicted octanol–water partition coefficient (Wildman–Crippen LogP) is 7.60. The zero-order valence-corrected chi connectivity index (χ0v) is 19.9. The van der Waals surface area contributed by atoms with Gasteiger partial charge in [0.1, 0.15) is 0 Å². The van der Waals surface area contributed by atoms with Gasteiger partial charge >= 0.3 is 0 Å². The van der Waals surface area contributed by atoms with E-state index in [1.807, 2.05) is 0 Å². The molecule has 1 N–H and O–H groups in total. The van der Waals surface area contributed by atoms with E-state index in [4.69, 9.17) is 9.47 Å². The molecule has 0 amide bonds. The number of benzene rings is 2. The van der Waals surface area contributed by atoms with E-state index in [-0.39, 0.29) is 18.8 Å². The molecule has 0 aliphatic rings. The van der Waals surface area contributed by atoms with Crippen LogP contribution in [-0.2, 0) is 9.47 Å². The highest BCUT2D eigenvalue weighted by atomic mass is 19.2. The third-order valence-electron chi connectivity index (χ3n) is 5.78. The van der Waals surface area contributed by atoms with E-state index in [9.17, 15) is 27.1 Å². The normalized spacial score (nSPS) is 12.9. The summed E-state index contributed by atoms with van der Waals surface area (Å²) in [7, 11) is 0. The number of ether oxygens (including phenoxy) is 2. The van der Waals surface area contributed by atoms with E-state index in [1.165, 1.54) is 18.2 Å². The van der Waals surface area contributed by atoms with Crippen LogP contribution < -0.4 is 0 Å². The van der Waals surface area contributed by atoms with Gasteiger partial charge in [-0.1, -0.05) is 69.7 Å². The van der Waals surface area contributed by atoms with Gasteiger partial charge in [0.05, 0.1) is 11.5 Å². The van der Waals surface area contributed by atoms with Crippen molar-refractivity contribution in [2.24, 2.45) is 0 Å². The summed E-state index contributed by atoms with van der Waals surface area (Å²) in [6, 6.07) is 5.61. The maximum atomic E-state index is 14.4. The van der Waals surface area contributed by atoms with E-state index in [0.717, 1.165) is 38.5 Å². The van der Waals surface area contributed by atoms with Crippen LogP contribution in [0.3, 0.4) is 0 Å². The number of hydrogen-bond acceptors (Lipinski definition) is 3. The van der Waals surface area contributed by atoms with Crippen molar-refractivity contribution in [2.75, 3.05) is 13.2 Å². The molecule has 1 unspecified atom stereocenters. The van der Waals surface area contributed by atoms with E-state index in [0.29, 0.717) is 12.0 Å². The lowest BCUT2D eigenvalue weighted by molar-refractivity contribution is -0.370. The minimum absolute atomic E-state index is 0.140. The smallest absolute Gasteiger partial charge is 0.287 e. The van der Waals surface area contributed by atoms with Gasteiger partial charge in [-0.3, -0.25) is 0 Å². The van der Waals surface area contributed by atoms with Gasteiger partial charge in [0.25, 0.3) is 5.97 Å². The Morgan fingerprint density at radius 2 is 1.29 bits per heavy atom. The van der Waals surface area contributed by atoms with E-state index < -0.39 is 46.5 Å². The summed E-state index contributed by atoms with van der Waals surface area (Å²) in [5, 5.41) is 11.2. The molecule has 0 spiro atoms. The van der Waals surface area contributed by atoms with Crippen LogP contribution in [0.25, 0.3) is 11.1 Å². The summed E-state index contributed by atoms with van der Waals surface area (Å²) in [6.07, 6.45) is 6.43. The molecular formula is C26H33F5O3. The fourth-order valence-electron chi connectivity index (χ4n) is 4.11. The topological polar surface area (TPSA) is 38.7 Å². The molecule has 34 heavy (non-hydrogen) atoms. The van der Waals surface area contributed by atoms with Crippen molar-refractivity contribution in [1.82, 2.24) is 0 Å². The second-order valence-electron chi connectivity index (χ2n) is 8.18. The Morgan fingerprint density at radius 3 is 1.85 bits per heavy atom. The second kappa shape index (κ2) is 13.2. The first-order valence-corrected chi connectivity index (χ1v) is 11.8. The van der Waals surface area contributed by atoms with Gasteiger partial charge in [-0.05, 0) is 31.4 Å². The average Bonchev–Trinajstić information content (AvgIpc) is 2.81. The molecule has 2 aromatic carbocycles. The molecule has 0 saturated carbocycles. The maximum Gasteiger partial charge on any atom is 0.287 e. The quantitative estimate of drug-likeness (QED) is 0.0978. The molecule has 0 fully saturated rings. The minimum atomic E-state index is -2.21. The Hall–Kier alpha value is -2.03. The van der Waals surface area contributed by atoms with Crippen molar-refractivity contribution in [3.63, 3.8) is 0 Å². The Labute approximate surface area is 197 Å². The molecule has 0 aliphatic heterocycles. The molecular weight excluding hydrogens is 455 g/mol. The minimum Gasteiger partial charge on any atom is -0.343 e. The highest BCUT2D eigenvalue weighted by molar-refractivity contribution is 5.66. The van der Waals surface area contributed by atoms with E-state index in [2.05, 4.69) is 6.92 Å². The third kappa shape index (κ3) is 6.55. The molecule has 0 radical (unpaired) electrons. The lowest BCUT2D eigenvalue weighted by Gasteiger charge is -2.35. The summed E-state index contributed by atoms with van der Waals surface area (Å²) < 4.78 is 81.0. The number of halogens is 5. The summed E-state index contributed by atoms with van der Waals surface area (Å²) in [5.74, 6) is -12.8. The molecule has 2 aromatic rings. The van der Waals surface area contributed by atoms with Crippen molar-refractivity contribution in [3.8, 4) is 11.1 Å². The fourth-order valence-corrected chi connectivity index (χ4v) is 4.11. The van der Waals surface area contributed by atoms with Crippen LogP contribution in [0, 0.1) is 29.1 Å². The SMILES string of the molecule is CCCCCCCCC(c1cccc(-c2c(F)c(F)c(F)c(F)c2F)c1)C(O)(OCC)OCC. The zero-order valence-electron chi connectivity index (χ0n) is 19.9. The van der Waals surface area contributed by atoms with Gasteiger partial charge in [-0.2, -0.15) is 0 Å². The number of hydrogen-bond donors (Lipinski definition) is 1. The highest BCUT2D eigenvalue weighted by Crippen LogP contribution is 2.39. The van der Waals surface area contributed by atoms with Crippen LogP contribution in [0.15, 0.2) is 24.3 Å². The summed E-state index contributed by atoms with van der Waals surface area (Å²) >= 11 is 0. The fraction of sp³-hybridized carbons (Fsp3) is 0.538. The van der Waals surface area contributed by atoms with Crippen molar-refractivity contribution < 1.29 is 36.5 Å². The van der Waals surface area contributed by atoms with Crippen LogP contribution in [0.5, 0.6) is 0 Å². The zero-order chi connectivity index (χ0) is 25.3. The van der Waals surface area contributed by atoms with Gasteiger partial charge in [0.15, 0.2) is 23.3 Å². The van der Waals surface area contributed by atoms with Gasteiger partial charge in [-0.15, -0.1) is 0 Å². The molecule has 2 rings (SSSR count). The standard InChI is InChI=1S/C26H33F5O3/c1-4-7-8-9-10-11-15-19(26(32,33-5-2)34-6-3)17-13-12-14-18(16-17)20-21(27)23(29)25(31)24(30)22(20)28/h12-14,16,19,32H,4-11,15H2,1-3H3. The highest BCUT2D eigenvalue weighted by Gasteiger charge is 2.40. The molecule has 0 aromatic heterocycles. The van der Waals surface area contributed by atoms with Crippen molar-refractivity contribution in [1.29, 1.82) is 0 Å². The molecule has 0 saturated heterocycles. The van der Waals surface area contributed by atoms with Gasteiger partial charge in [0, 0.05) is 13.2 Å². The maximum absolute atomic E-state index is 14.4. The van der Waals surface area contributed by atoms with Crippen molar-refractivity contribution in [2.45, 2.75) is 77.6 Å². The van der Waals surface area contributed by atoms with Crippen LogP contribution in [0.2, 0.25) is 0 Å². The second-order valence-corrected chi connectivity index (χ2v) is 8.18. The average molecular weight is 489 g/mol. The lowest BCUT2D eigenvalue weighted by atomic mass is 9.88. The molecule has 0 bridgehead atoms. The van der Waals surface area contributed by atoms with Gasteiger partial charge in [-0.25, -0.2) is 22.0 Å².